The molecule has 0 saturated carbocycles. The van der Waals surface area contributed by atoms with Gasteiger partial charge in [-0.25, -0.2) is 4.39 Å². The molecule has 0 amide bonds. The number of hydrogen-bond acceptors (Lipinski definition) is 3. The number of aliphatic imine (C=N–C) groups is 1. The van der Waals surface area contributed by atoms with Crippen LogP contribution in [0.2, 0.25) is 0 Å². The van der Waals surface area contributed by atoms with Crippen LogP contribution in [0.25, 0.3) is 0 Å². The monoisotopic (exact) mass is 497 g/mol. The zero-order chi connectivity index (χ0) is 28.1. The van der Waals surface area contributed by atoms with Crippen molar-refractivity contribution in [3.8, 4) is 5.75 Å². The molecule has 0 heterocycles. The normalized spacial score (nSPS) is 10.6. The smallest absolute Gasteiger partial charge is 0.160 e. The van der Waals surface area contributed by atoms with E-state index in [2.05, 4.69) is 38.9 Å². The first kappa shape index (κ1) is 35.2. The van der Waals surface area contributed by atoms with E-state index in [9.17, 15) is 9.18 Å². The molecule has 0 saturated heterocycles. The molecule has 0 aliphatic carbocycles. The van der Waals surface area contributed by atoms with E-state index in [-0.39, 0.29) is 11.6 Å². The fraction of sp³-hybridized carbons (Fsp3) is 0.438. The summed E-state index contributed by atoms with van der Waals surface area (Å²) in [5, 5.41) is 0. The second kappa shape index (κ2) is 21.3. The van der Waals surface area contributed by atoms with Crippen LogP contribution in [-0.2, 0) is 0 Å². The number of halogens is 1. The fourth-order valence-corrected chi connectivity index (χ4v) is 3.15. The number of carbonyl (C=O) groups excluding carboxylic acids is 1. The molecule has 4 heteroatoms. The van der Waals surface area contributed by atoms with Gasteiger partial charge in [-0.3, -0.25) is 9.79 Å². The Labute approximate surface area is 220 Å². The van der Waals surface area contributed by atoms with Crippen molar-refractivity contribution in [1.82, 2.24) is 0 Å². The Morgan fingerprint density at radius 2 is 1.69 bits per heavy atom. The number of allylic oxidation sites excluding steroid dienone is 2. The molecule has 0 aromatic heterocycles. The summed E-state index contributed by atoms with van der Waals surface area (Å²) < 4.78 is 18.9. The first-order valence-electron chi connectivity index (χ1n) is 12.8. The summed E-state index contributed by atoms with van der Waals surface area (Å²) in [5.74, 6) is 2.45. The van der Waals surface area contributed by atoms with Gasteiger partial charge >= 0.3 is 0 Å². The molecule has 36 heavy (non-hydrogen) atoms. The quantitative estimate of drug-likeness (QED) is 0.196. The first-order chi connectivity index (χ1) is 17.1. The summed E-state index contributed by atoms with van der Waals surface area (Å²) >= 11 is 0. The minimum absolute atomic E-state index is 0.137. The molecule has 2 rings (SSSR count). The van der Waals surface area contributed by atoms with Crippen molar-refractivity contribution in [2.45, 2.75) is 74.7 Å². The van der Waals surface area contributed by atoms with Crippen LogP contribution >= 0.6 is 0 Å². The molecule has 0 fully saturated rings. The van der Waals surface area contributed by atoms with E-state index in [1.807, 2.05) is 52.0 Å². The third kappa shape index (κ3) is 15.8. The lowest BCUT2D eigenvalue weighted by Crippen LogP contribution is -2.10. The number of ketones is 1. The molecule has 0 aliphatic rings. The second-order valence-electron chi connectivity index (χ2n) is 8.57. The molecule has 0 bridgehead atoms. The summed E-state index contributed by atoms with van der Waals surface area (Å²) in [6.07, 6.45) is 6.56. The average molecular weight is 498 g/mol. The molecule has 0 N–H and O–H groups in total. The Kier molecular flexibility index (Phi) is 20.8. The highest BCUT2D eigenvalue weighted by Gasteiger charge is 2.14. The maximum absolute atomic E-state index is 13.0. The van der Waals surface area contributed by atoms with Gasteiger partial charge in [0.1, 0.15) is 11.6 Å². The number of benzene rings is 2. The average Bonchev–Trinajstić information content (AvgIpc) is 2.84. The van der Waals surface area contributed by atoms with E-state index in [1.54, 1.807) is 32.3 Å². The Bertz CT molecular complexity index is 932. The SMILES string of the molecule is C=C(Oc1ccc(F)cc1C)C(CC)CCC(C)C.C=CC=NC.CC.CC(=O)c1ccccc1C. The van der Waals surface area contributed by atoms with Crippen LogP contribution in [0, 0.1) is 31.5 Å². The summed E-state index contributed by atoms with van der Waals surface area (Å²) in [7, 11) is 1.71. The Balaban J connectivity index is 0. The van der Waals surface area contributed by atoms with E-state index >= 15 is 0 Å². The lowest BCUT2D eigenvalue weighted by molar-refractivity contribution is 0.101. The third-order valence-corrected chi connectivity index (χ3v) is 5.20. The number of nitrogens with zero attached hydrogens (tertiary/aromatic N) is 1. The van der Waals surface area contributed by atoms with E-state index < -0.39 is 0 Å². The van der Waals surface area contributed by atoms with Crippen molar-refractivity contribution in [2.24, 2.45) is 16.8 Å². The van der Waals surface area contributed by atoms with Crippen molar-refractivity contribution < 1.29 is 13.9 Å². The topological polar surface area (TPSA) is 38.7 Å². The summed E-state index contributed by atoms with van der Waals surface area (Å²) in [4.78, 5) is 14.5. The lowest BCUT2D eigenvalue weighted by Gasteiger charge is -2.20. The zero-order valence-corrected chi connectivity index (χ0v) is 24.0. The van der Waals surface area contributed by atoms with Crippen LogP contribution in [0.3, 0.4) is 0 Å². The van der Waals surface area contributed by atoms with Crippen LogP contribution in [0.5, 0.6) is 5.75 Å². The number of ether oxygens (including phenoxy) is 1. The predicted molar refractivity (Wildman–Crippen MR) is 156 cm³/mol. The standard InChI is InChI=1S/C17H25FO.C9H10O.C4H7N.C2H6/c1-6-15(8-7-12(2)3)14(5)19-17-10-9-16(18)11-13(17)4;1-7-5-3-4-6-9(7)8(2)10;1-3-4-5-2;1-2/h9-12,15H,5-8H2,1-4H3;3-6H,1-2H3;3-4H,1H2,2H3;1-2H3. The van der Waals surface area contributed by atoms with Crippen molar-refractivity contribution >= 4 is 12.0 Å². The molecule has 1 unspecified atom stereocenters. The highest BCUT2D eigenvalue weighted by atomic mass is 19.1. The highest BCUT2D eigenvalue weighted by molar-refractivity contribution is 5.95. The van der Waals surface area contributed by atoms with Crippen molar-refractivity contribution in [3.05, 3.63) is 90.0 Å². The predicted octanol–water partition coefficient (Wildman–Crippen LogP) is 9.59. The Morgan fingerprint density at radius 3 is 2.08 bits per heavy atom. The van der Waals surface area contributed by atoms with Gasteiger partial charge in [-0.2, -0.15) is 0 Å². The number of rotatable bonds is 9. The molecule has 3 nitrogen and oxygen atoms in total. The minimum atomic E-state index is -0.234. The van der Waals surface area contributed by atoms with Gasteiger partial charge in [-0.1, -0.05) is 84.5 Å². The van der Waals surface area contributed by atoms with Crippen LogP contribution < -0.4 is 4.74 Å². The van der Waals surface area contributed by atoms with Gasteiger partial charge in [0.2, 0.25) is 0 Å². The molecule has 0 aliphatic heterocycles. The van der Waals surface area contributed by atoms with Gasteiger partial charge in [0, 0.05) is 24.7 Å². The second-order valence-corrected chi connectivity index (χ2v) is 8.57. The van der Waals surface area contributed by atoms with Gasteiger partial charge in [-0.05, 0) is 68.9 Å². The minimum Gasteiger partial charge on any atom is -0.462 e. The Hall–Kier alpha value is -3.01. The van der Waals surface area contributed by atoms with Gasteiger partial charge in [0.15, 0.2) is 5.78 Å². The highest BCUT2D eigenvalue weighted by Crippen LogP contribution is 2.27. The summed E-state index contributed by atoms with van der Waals surface area (Å²) in [6.45, 7) is 23.4. The number of aryl methyl sites for hydroxylation is 2. The van der Waals surface area contributed by atoms with E-state index in [0.717, 1.165) is 35.3 Å². The molecule has 0 spiro atoms. The number of carbonyl (C=O) groups is 1. The van der Waals surface area contributed by atoms with Gasteiger partial charge < -0.3 is 4.74 Å². The Morgan fingerprint density at radius 1 is 1.08 bits per heavy atom. The first-order valence-corrected chi connectivity index (χ1v) is 12.8. The van der Waals surface area contributed by atoms with Crippen molar-refractivity contribution in [1.29, 1.82) is 0 Å². The number of hydrogen-bond donors (Lipinski definition) is 0. The van der Waals surface area contributed by atoms with E-state index in [0.29, 0.717) is 17.6 Å². The van der Waals surface area contributed by atoms with Crippen LogP contribution in [0.15, 0.2) is 72.5 Å². The zero-order valence-electron chi connectivity index (χ0n) is 24.0. The molecule has 200 valence electrons. The molecular weight excluding hydrogens is 449 g/mol. The van der Waals surface area contributed by atoms with Gasteiger partial charge in [0.25, 0.3) is 0 Å². The van der Waals surface area contributed by atoms with Gasteiger partial charge in [-0.15, -0.1) is 0 Å². The molecular formula is C32H48FNO2. The fourth-order valence-electron chi connectivity index (χ4n) is 3.15. The van der Waals surface area contributed by atoms with E-state index in [4.69, 9.17) is 4.74 Å². The molecule has 2 aromatic rings. The van der Waals surface area contributed by atoms with Crippen LogP contribution in [0.1, 0.15) is 82.3 Å². The maximum Gasteiger partial charge on any atom is 0.160 e. The molecule has 0 radical (unpaired) electrons. The van der Waals surface area contributed by atoms with E-state index in [1.165, 1.54) is 18.6 Å². The molecule has 1 atom stereocenters. The maximum atomic E-state index is 13.0. The largest absolute Gasteiger partial charge is 0.462 e. The summed E-state index contributed by atoms with van der Waals surface area (Å²) in [5.41, 5.74) is 2.68. The van der Waals surface area contributed by atoms with Crippen LogP contribution in [0.4, 0.5) is 4.39 Å². The lowest BCUT2D eigenvalue weighted by atomic mass is 9.94. The third-order valence-electron chi connectivity index (χ3n) is 5.20. The van der Waals surface area contributed by atoms with Crippen LogP contribution in [-0.4, -0.2) is 19.0 Å². The summed E-state index contributed by atoms with van der Waals surface area (Å²) in [6, 6.07) is 12.2. The number of Topliss-reactive ketones (excluding diaryl/α,β-unsaturated/α-hetero) is 1. The van der Waals surface area contributed by atoms with Crippen molar-refractivity contribution in [3.63, 3.8) is 0 Å². The van der Waals surface area contributed by atoms with Gasteiger partial charge in [0.05, 0.1) is 5.76 Å². The van der Waals surface area contributed by atoms with Crippen molar-refractivity contribution in [2.75, 3.05) is 7.05 Å². The molecule has 2 aromatic carbocycles.